The Labute approximate surface area is 94.5 Å². The summed E-state index contributed by atoms with van der Waals surface area (Å²) in [5.74, 6) is 0. The fourth-order valence-electron chi connectivity index (χ4n) is 1.61. The molecule has 0 aliphatic carbocycles. The van der Waals surface area contributed by atoms with Crippen molar-refractivity contribution in [1.29, 1.82) is 0 Å². The Morgan fingerprint density at radius 1 is 1.27 bits per heavy atom. The molecule has 0 saturated heterocycles. The zero-order valence-electron chi connectivity index (χ0n) is 8.87. The predicted octanol–water partition coefficient (Wildman–Crippen LogP) is 3.53. The monoisotopic (exact) mass is 220 g/mol. The second kappa shape index (κ2) is 4.07. The summed E-state index contributed by atoms with van der Waals surface area (Å²) in [6.45, 7) is 4.97. The maximum Gasteiger partial charge on any atom is 0.203 e. The molecule has 0 saturated carbocycles. The third-order valence-corrected chi connectivity index (χ3v) is 2.77. The predicted molar refractivity (Wildman–Crippen MR) is 63.1 cm³/mol. The van der Waals surface area contributed by atoms with Gasteiger partial charge in [-0.25, -0.2) is 4.98 Å². The molecule has 0 unspecified atom stereocenters. The minimum atomic E-state index is 0.549. The van der Waals surface area contributed by atoms with Gasteiger partial charge in [0.1, 0.15) is 0 Å². The Morgan fingerprint density at radius 2 is 1.93 bits per heavy atom. The highest BCUT2D eigenvalue weighted by atomic mass is 35.5. The Kier molecular flexibility index (Phi) is 2.78. The summed E-state index contributed by atoms with van der Waals surface area (Å²) in [6.07, 6.45) is 1.82. The topological polar surface area (TPSA) is 17.8 Å². The lowest BCUT2D eigenvalue weighted by molar-refractivity contribution is 0.770. The van der Waals surface area contributed by atoms with Crippen LogP contribution < -0.4 is 0 Å². The number of hydrogen-bond acceptors (Lipinski definition) is 1. The molecule has 1 aromatic carbocycles. The molecule has 1 aromatic heterocycles. The Hall–Kier alpha value is -1.28. The molecule has 2 aromatic rings. The summed E-state index contributed by atoms with van der Waals surface area (Å²) in [5, 5.41) is 0.549. The van der Waals surface area contributed by atoms with Crippen LogP contribution in [0.25, 0.3) is 11.3 Å². The fraction of sp³-hybridized carbons (Fsp3) is 0.250. The van der Waals surface area contributed by atoms with Crippen LogP contribution in [0, 0.1) is 6.92 Å². The average Bonchev–Trinajstić information content (AvgIpc) is 2.61. The minimum Gasteiger partial charge on any atom is -0.315 e. The molecule has 78 valence electrons. The van der Waals surface area contributed by atoms with Crippen LogP contribution in [0.3, 0.4) is 0 Å². The molecule has 0 radical (unpaired) electrons. The summed E-state index contributed by atoms with van der Waals surface area (Å²) in [5.41, 5.74) is 3.48. The van der Waals surface area contributed by atoms with Crippen molar-refractivity contribution in [2.24, 2.45) is 0 Å². The molecular formula is C12H13ClN2. The van der Waals surface area contributed by atoms with E-state index in [0.717, 1.165) is 17.8 Å². The maximum absolute atomic E-state index is 5.98. The second-order valence-corrected chi connectivity index (χ2v) is 3.86. The molecule has 0 spiro atoms. The highest BCUT2D eigenvalue weighted by molar-refractivity contribution is 6.28. The van der Waals surface area contributed by atoms with E-state index in [-0.39, 0.29) is 0 Å². The Balaban J connectivity index is 2.49. The van der Waals surface area contributed by atoms with Gasteiger partial charge in [0, 0.05) is 6.54 Å². The lowest BCUT2D eigenvalue weighted by atomic mass is 10.1. The first-order valence-corrected chi connectivity index (χ1v) is 5.38. The zero-order valence-corrected chi connectivity index (χ0v) is 9.62. The van der Waals surface area contributed by atoms with E-state index in [4.69, 9.17) is 11.6 Å². The number of aromatic nitrogens is 2. The molecule has 0 atom stereocenters. The number of nitrogens with zero attached hydrogens (tertiary/aromatic N) is 2. The molecular weight excluding hydrogens is 208 g/mol. The van der Waals surface area contributed by atoms with Crippen molar-refractivity contribution in [2.75, 3.05) is 0 Å². The van der Waals surface area contributed by atoms with Crippen LogP contribution >= 0.6 is 11.6 Å². The Bertz CT molecular complexity index is 457. The van der Waals surface area contributed by atoms with Gasteiger partial charge in [-0.3, -0.25) is 0 Å². The van der Waals surface area contributed by atoms with Crippen molar-refractivity contribution in [2.45, 2.75) is 20.4 Å². The van der Waals surface area contributed by atoms with E-state index in [1.165, 1.54) is 5.56 Å². The first kappa shape index (κ1) is 10.2. The van der Waals surface area contributed by atoms with Crippen molar-refractivity contribution >= 4 is 11.6 Å². The number of rotatable bonds is 2. The molecule has 0 fully saturated rings. The maximum atomic E-state index is 5.98. The lowest BCUT2D eigenvalue weighted by Crippen LogP contribution is -1.96. The molecule has 0 N–H and O–H groups in total. The van der Waals surface area contributed by atoms with E-state index < -0.39 is 0 Å². The summed E-state index contributed by atoms with van der Waals surface area (Å²) >= 11 is 5.98. The van der Waals surface area contributed by atoms with Crippen LogP contribution in [-0.4, -0.2) is 9.55 Å². The molecule has 0 aliphatic heterocycles. The van der Waals surface area contributed by atoms with Gasteiger partial charge < -0.3 is 4.57 Å². The summed E-state index contributed by atoms with van der Waals surface area (Å²) in [4.78, 5) is 4.11. The quantitative estimate of drug-likeness (QED) is 0.757. The zero-order chi connectivity index (χ0) is 10.8. The van der Waals surface area contributed by atoms with Crippen molar-refractivity contribution in [3.05, 3.63) is 41.3 Å². The summed E-state index contributed by atoms with van der Waals surface area (Å²) in [6, 6.07) is 8.37. The van der Waals surface area contributed by atoms with Gasteiger partial charge in [0.2, 0.25) is 5.28 Å². The van der Waals surface area contributed by atoms with Crippen LogP contribution in [0.4, 0.5) is 0 Å². The largest absolute Gasteiger partial charge is 0.315 e. The van der Waals surface area contributed by atoms with Crippen LogP contribution in [0.2, 0.25) is 5.28 Å². The van der Waals surface area contributed by atoms with Gasteiger partial charge in [-0.15, -0.1) is 0 Å². The third-order valence-electron chi connectivity index (χ3n) is 2.47. The first-order chi connectivity index (χ1) is 7.22. The SMILES string of the molecule is CCn1c(-c2ccc(C)cc2)cnc1Cl. The molecule has 0 bridgehead atoms. The van der Waals surface area contributed by atoms with E-state index in [2.05, 4.69) is 43.1 Å². The van der Waals surface area contributed by atoms with E-state index in [1.54, 1.807) is 0 Å². The first-order valence-electron chi connectivity index (χ1n) is 5.00. The fourth-order valence-corrected chi connectivity index (χ4v) is 1.87. The van der Waals surface area contributed by atoms with Gasteiger partial charge in [0.15, 0.2) is 0 Å². The molecule has 0 amide bonds. The third kappa shape index (κ3) is 1.90. The highest BCUT2D eigenvalue weighted by Gasteiger charge is 2.07. The van der Waals surface area contributed by atoms with Gasteiger partial charge in [-0.05, 0) is 31.0 Å². The van der Waals surface area contributed by atoms with Crippen LogP contribution in [-0.2, 0) is 6.54 Å². The summed E-state index contributed by atoms with van der Waals surface area (Å²) in [7, 11) is 0. The average molecular weight is 221 g/mol. The lowest BCUT2D eigenvalue weighted by Gasteiger charge is -2.06. The normalized spacial score (nSPS) is 10.6. The smallest absolute Gasteiger partial charge is 0.203 e. The van der Waals surface area contributed by atoms with Crippen molar-refractivity contribution < 1.29 is 0 Å². The van der Waals surface area contributed by atoms with Gasteiger partial charge in [0.25, 0.3) is 0 Å². The van der Waals surface area contributed by atoms with E-state index in [0.29, 0.717) is 5.28 Å². The number of benzene rings is 1. The van der Waals surface area contributed by atoms with Crippen LogP contribution in [0.15, 0.2) is 30.5 Å². The van der Waals surface area contributed by atoms with Gasteiger partial charge >= 0.3 is 0 Å². The highest BCUT2D eigenvalue weighted by Crippen LogP contribution is 2.23. The number of halogens is 1. The number of hydrogen-bond donors (Lipinski definition) is 0. The van der Waals surface area contributed by atoms with Gasteiger partial charge in [-0.1, -0.05) is 29.8 Å². The van der Waals surface area contributed by atoms with E-state index in [1.807, 2.05) is 10.8 Å². The van der Waals surface area contributed by atoms with Crippen molar-refractivity contribution in [1.82, 2.24) is 9.55 Å². The molecule has 3 heteroatoms. The van der Waals surface area contributed by atoms with Gasteiger partial charge in [0.05, 0.1) is 11.9 Å². The second-order valence-electron chi connectivity index (χ2n) is 3.52. The number of aryl methyl sites for hydroxylation is 1. The standard InChI is InChI=1S/C12H13ClN2/c1-3-15-11(8-14-12(15)13)10-6-4-9(2)5-7-10/h4-8H,3H2,1-2H3. The molecule has 2 rings (SSSR count). The molecule has 0 aliphatic rings. The van der Waals surface area contributed by atoms with E-state index in [9.17, 15) is 0 Å². The van der Waals surface area contributed by atoms with Crippen LogP contribution in [0.5, 0.6) is 0 Å². The van der Waals surface area contributed by atoms with Crippen molar-refractivity contribution in [3.63, 3.8) is 0 Å². The van der Waals surface area contributed by atoms with Crippen molar-refractivity contribution in [3.8, 4) is 11.3 Å². The van der Waals surface area contributed by atoms with Gasteiger partial charge in [-0.2, -0.15) is 0 Å². The molecule has 2 nitrogen and oxygen atoms in total. The minimum absolute atomic E-state index is 0.549. The van der Waals surface area contributed by atoms with E-state index >= 15 is 0 Å². The van der Waals surface area contributed by atoms with Crippen LogP contribution in [0.1, 0.15) is 12.5 Å². The number of imidazole rings is 1. The summed E-state index contributed by atoms with van der Waals surface area (Å²) < 4.78 is 1.99. The molecule has 15 heavy (non-hydrogen) atoms. The molecule has 1 heterocycles. The Morgan fingerprint density at radius 3 is 2.53 bits per heavy atom.